The zero-order valence-electron chi connectivity index (χ0n) is 20.6. The summed E-state index contributed by atoms with van der Waals surface area (Å²) in [6.07, 6.45) is 0.545. The molecule has 2 N–H and O–H groups in total. The Morgan fingerprint density at radius 3 is 2.57 bits per heavy atom. The van der Waals surface area contributed by atoms with Gasteiger partial charge in [-0.15, -0.1) is 5.92 Å². The molecule has 0 atom stereocenters. The molecule has 0 radical (unpaired) electrons. The van der Waals surface area contributed by atoms with Crippen molar-refractivity contribution in [3.63, 3.8) is 0 Å². The van der Waals surface area contributed by atoms with Gasteiger partial charge in [0.15, 0.2) is 5.78 Å². The Balaban J connectivity index is 1.56. The fraction of sp³-hybridized carbons (Fsp3) is 0.345. The second kappa shape index (κ2) is 8.69. The number of hydrogen-bond acceptors (Lipinski definition) is 5. The van der Waals surface area contributed by atoms with Crippen molar-refractivity contribution in [2.24, 2.45) is 0 Å². The van der Waals surface area contributed by atoms with E-state index in [9.17, 15) is 20.0 Å². The molecule has 186 valence electrons. The summed E-state index contributed by atoms with van der Waals surface area (Å²) in [6.45, 7) is 4.87. The van der Waals surface area contributed by atoms with E-state index < -0.39 is 11.5 Å². The van der Waals surface area contributed by atoms with Gasteiger partial charge in [-0.25, -0.2) is 4.79 Å². The van der Waals surface area contributed by atoms with E-state index in [1.165, 1.54) is 4.90 Å². The number of nitrogens with zero attached hydrogens (tertiary/aromatic N) is 3. The van der Waals surface area contributed by atoms with E-state index in [1.807, 2.05) is 12.1 Å². The Morgan fingerprint density at radius 2 is 1.89 bits per heavy atom. The molecule has 2 saturated heterocycles. The number of benzene rings is 2. The standard InChI is InChI=1S/C29H26N4O4/c1-2-3-19-15-21-22(16-24(19)32-8-10-33(11-9-32)28(35)36)29(6-12-37-13-7-29)27-25(26(21)34)20-5-4-18(17-30)14-23(20)31-27/h4-5,14-16,31H,6-13H2,1H3,(H,35,36). The third kappa shape index (κ3) is 3.48. The average Bonchev–Trinajstić information content (AvgIpc) is 3.32. The third-order valence-corrected chi connectivity index (χ3v) is 8.03. The van der Waals surface area contributed by atoms with Crippen LogP contribution in [0.15, 0.2) is 30.3 Å². The van der Waals surface area contributed by atoms with E-state index in [4.69, 9.17) is 4.74 Å². The van der Waals surface area contributed by atoms with Crippen molar-refractivity contribution in [2.75, 3.05) is 44.3 Å². The lowest BCUT2D eigenvalue weighted by Crippen LogP contribution is -2.48. The van der Waals surface area contributed by atoms with Crippen LogP contribution in [0.25, 0.3) is 10.9 Å². The van der Waals surface area contributed by atoms with Gasteiger partial charge in [0.1, 0.15) is 0 Å². The van der Waals surface area contributed by atoms with Crippen molar-refractivity contribution >= 4 is 28.5 Å². The molecule has 1 aromatic heterocycles. The predicted molar refractivity (Wildman–Crippen MR) is 138 cm³/mol. The number of carbonyl (C=O) groups is 2. The molecule has 2 aliphatic heterocycles. The van der Waals surface area contributed by atoms with Crippen LogP contribution in [0.3, 0.4) is 0 Å². The highest BCUT2D eigenvalue weighted by atomic mass is 16.5. The molecule has 1 amide bonds. The van der Waals surface area contributed by atoms with Crippen molar-refractivity contribution in [1.29, 1.82) is 5.26 Å². The Hall–Kier alpha value is -4.27. The van der Waals surface area contributed by atoms with Crippen LogP contribution in [0.1, 0.15) is 58.1 Å². The number of amides is 1. The number of aromatic nitrogens is 1. The lowest BCUT2D eigenvalue weighted by molar-refractivity contribution is 0.0602. The van der Waals surface area contributed by atoms with E-state index in [-0.39, 0.29) is 5.78 Å². The molecule has 0 bridgehead atoms. The first-order valence-electron chi connectivity index (χ1n) is 12.5. The smallest absolute Gasteiger partial charge is 0.407 e. The number of ether oxygens (including phenoxy) is 1. The molecular formula is C29H26N4O4. The summed E-state index contributed by atoms with van der Waals surface area (Å²) in [5.41, 5.74) is 5.80. The third-order valence-electron chi connectivity index (χ3n) is 8.03. The molecule has 8 nitrogen and oxygen atoms in total. The van der Waals surface area contributed by atoms with Gasteiger partial charge in [0.05, 0.1) is 22.9 Å². The summed E-state index contributed by atoms with van der Waals surface area (Å²) in [5, 5.41) is 19.6. The zero-order valence-corrected chi connectivity index (χ0v) is 20.6. The molecule has 37 heavy (non-hydrogen) atoms. The van der Waals surface area contributed by atoms with Crippen LogP contribution in [0.5, 0.6) is 0 Å². The average molecular weight is 495 g/mol. The van der Waals surface area contributed by atoms with E-state index in [0.717, 1.165) is 46.3 Å². The topological polar surface area (TPSA) is 110 Å². The molecule has 1 aliphatic carbocycles. The summed E-state index contributed by atoms with van der Waals surface area (Å²) < 4.78 is 5.77. The summed E-state index contributed by atoms with van der Waals surface area (Å²) in [6, 6.07) is 11.7. The Bertz CT molecular complexity index is 1550. The molecule has 0 saturated carbocycles. The normalized spacial score (nSPS) is 18.1. The number of rotatable bonds is 1. The fourth-order valence-corrected chi connectivity index (χ4v) is 6.18. The number of H-pyrrole nitrogens is 1. The van der Waals surface area contributed by atoms with E-state index in [1.54, 1.807) is 19.1 Å². The van der Waals surface area contributed by atoms with Crippen LogP contribution in [0, 0.1) is 23.2 Å². The Morgan fingerprint density at radius 1 is 1.14 bits per heavy atom. The predicted octanol–water partition coefficient (Wildman–Crippen LogP) is 3.85. The number of fused-ring (bicyclic) bond motifs is 6. The first-order chi connectivity index (χ1) is 18.0. The molecule has 8 heteroatoms. The summed E-state index contributed by atoms with van der Waals surface area (Å²) in [5.74, 6) is 6.15. The second-order valence-corrected chi connectivity index (χ2v) is 9.82. The van der Waals surface area contributed by atoms with Crippen molar-refractivity contribution in [2.45, 2.75) is 25.2 Å². The van der Waals surface area contributed by atoms with Crippen molar-refractivity contribution in [3.8, 4) is 17.9 Å². The Kier molecular flexibility index (Phi) is 5.43. The number of carbonyl (C=O) groups excluding carboxylic acids is 1. The van der Waals surface area contributed by atoms with Gasteiger partial charge in [-0.3, -0.25) is 4.79 Å². The largest absolute Gasteiger partial charge is 0.465 e. The van der Waals surface area contributed by atoms with E-state index >= 15 is 0 Å². The number of hydrogen-bond donors (Lipinski definition) is 2. The Labute approximate surface area is 214 Å². The van der Waals surface area contributed by atoms with Gasteiger partial charge in [0.25, 0.3) is 0 Å². The van der Waals surface area contributed by atoms with E-state index in [0.29, 0.717) is 56.1 Å². The molecule has 3 aliphatic rings. The monoisotopic (exact) mass is 494 g/mol. The maximum atomic E-state index is 14.1. The number of aromatic amines is 1. The number of ketones is 1. The van der Waals surface area contributed by atoms with Gasteiger partial charge in [0, 0.05) is 72.5 Å². The van der Waals surface area contributed by atoms with Crippen LogP contribution in [0.2, 0.25) is 0 Å². The van der Waals surface area contributed by atoms with Gasteiger partial charge >= 0.3 is 6.09 Å². The van der Waals surface area contributed by atoms with Crippen LogP contribution in [-0.2, 0) is 10.2 Å². The van der Waals surface area contributed by atoms with E-state index in [2.05, 4.69) is 33.9 Å². The zero-order chi connectivity index (χ0) is 25.7. The second-order valence-electron chi connectivity index (χ2n) is 9.82. The van der Waals surface area contributed by atoms with Gasteiger partial charge in [0.2, 0.25) is 0 Å². The number of piperazine rings is 1. The number of anilines is 1. The van der Waals surface area contributed by atoms with Gasteiger partial charge in [-0.1, -0.05) is 12.0 Å². The summed E-state index contributed by atoms with van der Waals surface area (Å²) >= 11 is 0. The highest BCUT2D eigenvalue weighted by molar-refractivity contribution is 6.20. The maximum absolute atomic E-state index is 14.1. The van der Waals surface area contributed by atoms with Crippen LogP contribution < -0.4 is 4.90 Å². The molecule has 2 fully saturated rings. The summed E-state index contributed by atoms with van der Waals surface area (Å²) in [4.78, 5) is 32.7. The van der Waals surface area contributed by atoms with Gasteiger partial charge in [-0.2, -0.15) is 5.26 Å². The summed E-state index contributed by atoms with van der Waals surface area (Å²) in [7, 11) is 0. The van der Waals surface area contributed by atoms with Crippen LogP contribution in [0.4, 0.5) is 10.5 Å². The fourth-order valence-electron chi connectivity index (χ4n) is 6.18. The quantitative estimate of drug-likeness (QED) is 0.498. The lowest BCUT2D eigenvalue weighted by atomic mass is 9.64. The minimum absolute atomic E-state index is 0.0422. The maximum Gasteiger partial charge on any atom is 0.407 e. The number of carboxylic acid groups (broad SMARTS) is 1. The number of nitrogens with one attached hydrogen (secondary N) is 1. The SMILES string of the molecule is CC#Cc1cc2c(cc1N1CCN(C(=O)O)CC1)C1(CCOCC1)c1[nH]c3cc(C#N)ccc3c1C2=O. The minimum atomic E-state index is -0.906. The van der Waals surface area contributed by atoms with Gasteiger partial charge in [-0.05, 0) is 49.6 Å². The highest BCUT2D eigenvalue weighted by Gasteiger charge is 2.47. The highest BCUT2D eigenvalue weighted by Crippen LogP contribution is 2.50. The molecule has 1 spiro atoms. The van der Waals surface area contributed by atoms with Crippen molar-refractivity contribution in [3.05, 3.63) is 63.8 Å². The first kappa shape index (κ1) is 23.1. The number of nitriles is 1. The van der Waals surface area contributed by atoms with Crippen LogP contribution in [-0.4, -0.2) is 66.3 Å². The molecule has 3 aromatic rings. The molecule has 0 unspecified atom stereocenters. The molecular weight excluding hydrogens is 468 g/mol. The van der Waals surface area contributed by atoms with Crippen LogP contribution >= 0.6 is 0 Å². The minimum Gasteiger partial charge on any atom is -0.465 e. The molecule has 6 rings (SSSR count). The van der Waals surface area contributed by atoms with Crippen molar-refractivity contribution in [1.82, 2.24) is 9.88 Å². The molecule has 3 heterocycles. The molecule has 2 aromatic carbocycles. The lowest BCUT2D eigenvalue weighted by Gasteiger charge is -2.43. The van der Waals surface area contributed by atoms with Crippen molar-refractivity contribution < 1.29 is 19.4 Å². The first-order valence-corrected chi connectivity index (χ1v) is 12.5. The van der Waals surface area contributed by atoms with Gasteiger partial charge < -0.3 is 24.6 Å².